The Labute approximate surface area is 122 Å². The zero-order chi connectivity index (χ0) is 13.3. The number of hydrogen-bond donors (Lipinski definition) is 1. The van der Waals surface area contributed by atoms with Gasteiger partial charge in [-0.15, -0.1) is 0 Å². The molecule has 0 atom stereocenters. The third-order valence-corrected chi connectivity index (χ3v) is 3.64. The van der Waals surface area contributed by atoms with E-state index < -0.39 is 0 Å². The summed E-state index contributed by atoms with van der Waals surface area (Å²) in [5.41, 5.74) is 7.33. The molecule has 0 bridgehead atoms. The average Bonchev–Trinajstić information content (AvgIpc) is 2.60. The molecule has 96 valence electrons. The molecule has 2 rings (SSSR count). The van der Waals surface area contributed by atoms with Crippen LogP contribution in [0.2, 0.25) is 0 Å². The topological polar surface area (TPSA) is 53.1 Å². The van der Waals surface area contributed by atoms with E-state index >= 15 is 0 Å². The van der Waals surface area contributed by atoms with Gasteiger partial charge in [0.2, 0.25) is 5.88 Å². The summed E-state index contributed by atoms with van der Waals surface area (Å²) in [5, 5.41) is 4.31. The van der Waals surface area contributed by atoms with Crippen LogP contribution in [0.5, 0.6) is 11.6 Å². The molecule has 0 aliphatic carbocycles. The van der Waals surface area contributed by atoms with E-state index in [9.17, 15) is 0 Å². The highest BCUT2D eigenvalue weighted by Gasteiger charge is 2.15. The smallest absolute Gasteiger partial charge is 0.241 e. The van der Waals surface area contributed by atoms with Crippen LogP contribution in [0.4, 0.5) is 5.69 Å². The largest absolute Gasteiger partial charge is 0.436 e. The molecule has 1 aromatic heterocycles. The lowest BCUT2D eigenvalue weighted by atomic mass is 10.3. The number of hydrogen-bond acceptors (Lipinski definition) is 3. The predicted octanol–water partition coefficient (Wildman–Crippen LogP) is 4.11. The van der Waals surface area contributed by atoms with Gasteiger partial charge < -0.3 is 10.5 Å². The van der Waals surface area contributed by atoms with Crippen molar-refractivity contribution in [1.82, 2.24) is 9.78 Å². The highest BCUT2D eigenvalue weighted by molar-refractivity contribution is 9.11. The van der Waals surface area contributed by atoms with Crippen molar-refractivity contribution in [3.05, 3.63) is 32.8 Å². The monoisotopic (exact) mass is 373 g/mol. The van der Waals surface area contributed by atoms with Crippen LogP contribution in [-0.2, 0) is 6.54 Å². The van der Waals surface area contributed by atoms with Gasteiger partial charge in [-0.3, -0.25) is 0 Å². The lowest BCUT2D eigenvalue weighted by Gasteiger charge is -2.10. The number of benzene rings is 1. The number of aryl methyl sites for hydroxylation is 2. The van der Waals surface area contributed by atoms with Crippen LogP contribution in [0.25, 0.3) is 0 Å². The van der Waals surface area contributed by atoms with E-state index in [2.05, 4.69) is 37.0 Å². The van der Waals surface area contributed by atoms with Gasteiger partial charge in [-0.25, -0.2) is 4.68 Å². The second-order valence-corrected chi connectivity index (χ2v) is 5.57. The Hall–Kier alpha value is -1.01. The third-order valence-electron chi connectivity index (χ3n) is 2.53. The molecule has 0 unspecified atom stereocenters. The Kier molecular flexibility index (Phi) is 3.97. The van der Waals surface area contributed by atoms with Gasteiger partial charge in [0.15, 0.2) is 0 Å². The van der Waals surface area contributed by atoms with Crippen LogP contribution in [-0.4, -0.2) is 9.78 Å². The molecule has 0 fully saturated rings. The van der Waals surface area contributed by atoms with E-state index in [0.29, 0.717) is 23.9 Å². The third kappa shape index (κ3) is 2.54. The summed E-state index contributed by atoms with van der Waals surface area (Å²) in [4.78, 5) is 0. The van der Waals surface area contributed by atoms with E-state index in [1.54, 1.807) is 4.68 Å². The minimum atomic E-state index is 0.576. The van der Waals surface area contributed by atoms with Gasteiger partial charge in [-0.2, -0.15) is 5.10 Å². The Morgan fingerprint density at radius 2 is 2.11 bits per heavy atom. The van der Waals surface area contributed by atoms with Crippen molar-refractivity contribution < 1.29 is 4.74 Å². The van der Waals surface area contributed by atoms with E-state index in [0.717, 1.165) is 14.6 Å². The molecule has 18 heavy (non-hydrogen) atoms. The molecule has 0 saturated carbocycles. The first-order valence-corrected chi connectivity index (χ1v) is 7.07. The van der Waals surface area contributed by atoms with Crippen molar-refractivity contribution in [2.45, 2.75) is 20.4 Å². The van der Waals surface area contributed by atoms with Gasteiger partial charge in [0.05, 0.1) is 10.2 Å². The van der Waals surface area contributed by atoms with Crippen LogP contribution in [0, 0.1) is 6.92 Å². The van der Waals surface area contributed by atoms with Crippen LogP contribution in [0.1, 0.15) is 12.6 Å². The fraction of sp³-hybridized carbons (Fsp3) is 0.250. The number of nitrogen functional groups attached to an aromatic ring is 1. The Morgan fingerprint density at radius 1 is 1.39 bits per heavy atom. The molecule has 4 nitrogen and oxygen atoms in total. The van der Waals surface area contributed by atoms with Gasteiger partial charge in [0, 0.05) is 11.0 Å². The van der Waals surface area contributed by atoms with Crippen molar-refractivity contribution in [2.75, 3.05) is 5.73 Å². The molecular formula is C12H13Br2N3O. The number of aromatic nitrogens is 2. The maximum absolute atomic E-state index is 5.97. The molecule has 1 heterocycles. The zero-order valence-electron chi connectivity index (χ0n) is 10.1. The average molecular weight is 375 g/mol. The van der Waals surface area contributed by atoms with Gasteiger partial charge in [-0.1, -0.05) is 15.9 Å². The predicted molar refractivity (Wildman–Crippen MR) is 79.0 cm³/mol. The second kappa shape index (κ2) is 5.32. The first-order valence-electron chi connectivity index (χ1n) is 5.48. The Morgan fingerprint density at radius 3 is 2.72 bits per heavy atom. The Bertz CT molecular complexity index is 581. The van der Waals surface area contributed by atoms with Crippen molar-refractivity contribution in [3.8, 4) is 11.6 Å². The number of nitrogens with two attached hydrogens (primary N) is 1. The maximum atomic E-state index is 5.97. The summed E-state index contributed by atoms with van der Waals surface area (Å²) in [5.74, 6) is 1.29. The molecule has 2 aromatic rings. The first-order chi connectivity index (χ1) is 8.52. The first kappa shape index (κ1) is 13.4. The van der Waals surface area contributed by atoms with E-state index in [4.69, 9.17) is 10.5 Å². The molecule has 2 N–H and O–H groups in total. The molecule has 1 aromatic carbocycles. The standard InChI is InChI=1S/C12H13Br2N3O/c1-3-17-12(11(15)7(2)16-17)18-10-5-4-8(13)6-9(10)14/h4-6H,3,15H2,1-2H3. The zero-order valence-corrected chi connectivity index (χ0v) is 13.2. The number of ether oxygens (including phenoxy) is 1. The fourth-order valence-electron chi connectivity index (χ4n) is 1.56. The summed E-state index contributed by atoms with van der Waals surface area (Å²) in [6.45, 7) is 4.57. The van der Waals surface area contributed by atoms with Crippen molar-refractivity contribution >= 4 is 37.5 Å². The van der Waals surface area contributed by atoms with Crippen molar-refractivity contribution in [1.29, 1.82) is 0 Å². The minimum absolute atomic E-state index is 0.576. The summed E-state index contributed by atoms with van der Waals surface area (Å²) < 4.78 is 9.44. The summed E-state index contributed by atoms with van der Waals surface area (Å²) in [6, 6.07) is 5.71. The lowest BCUT2D eigenvalue weighted by molar-refractivity contribution is 0.416. The molecular weight excluding hydrogens is 362 g/mol. The maximum Gasteiger partial charge on any atom is 0.241 e. The second-order valence-electron chi connectivity index (χ2n) is 3.80. The van der Waals surface area contributed by atoms with E-state index in [1.807, 2.05) is 32.0 Å². The van der Waals surface area contributed by atoms with Crippen LogP contribution < -0.4 is 10.5 Å². The molecule has 0 radical (unpaired) electrons. The normalized spacial score (nSPS) is 10.7. The molecule has 0 aliphatic rings. The number of nitrogens with zero attached hydrogens (tertiary/aromatic N) is 2. The molecule has 0 aliphatic heterocycles. The fourth-order valence-corrected chi connectivity index (χ4v) is 2.69. The quantitative estimate of drug-likeness (QED) is 0.879. The van der Waals surface area contributed by atoms with E-state index in [-0.39, 0.29) is 0 Å². The number of halogens is 2. The van der Waals surface area contributed by atoms with Gasteiger partial charge in [0.25, 0.3) is 0 Å². The van der Waals surface area contributed by atoms with Gasteiger partial charge in [-0.05, 0) is 48.0 Å². The summed E-state index contributed by atoms with van der Waals surface area (Å²) >= 11 is 6.86. The molecule has 0 saturated heterocycles. The van der Waals surface area contributed by atoms with Crippen LogP contribution in [0.15, 0.2) is 27.1 Å². The number of rotatable bonds is 3. The lowest BCUT2D eigenvalue weighted by Crippen LogP contribution is -2.01. The number of anilines is 1. The van der Waals surface area contributed by atoms with Gasteiger partial charge >= 0.3 is 0 Å². The Balaban J connectivity index is 2.39. The van der Waals surface area contributed by atoms with Crippen molar-refractivity contribution in [3.63, 3.8) is 0 Å². The highest BCUT2D eigenvalue weighted by Crippen LogP contribution is 2.35. The van der Waals surface area contributed by atoms with Crippen molar-refractivity contribution in [2.24, 2.45) is 0 Å². The molecule has 0 amide bonds. The minimum Gasteiger partial charge on any atom is -0.436 e. The summed E-state index contributed by atoms with van der Waals surface area (Å²) in [7, 11) is 0. The SMILES string of the molecule is CCn1nc(C)c(N)c1Oc1ccc(Br)cc1Br. The highest BCUT2D eigenvalue weighted by atomic mass is 79.9. The molecule has 0 spiro atoms. The molecule has 6 heteroatoms. The van der Waals surface area contributed by atoms with Crippen LogP contribution >= 0.6 is 31.9 Å². The van der Waals surface area contributed by atoms with E-state index in [1.165, 1.54) is 0 Å². The van der Waals surface area contributed by atoms with Crippen LogP contribution in [0.3, 0.4) is 0 Å². The summed E-state index contributed by atoms with van der Waals surface area (Å²) in [6.07, 6.45) is 0. The van der Waals surface area contributed by atoms with Gasteiger partial charge in [0.1, 0.15) is 11.4 Å².